The van der Waals surface area contributed by atoms with Crippen LogP contribution in [0.2, 0.25) is 0 Å². The van der Waals surface area contributed by atoms with Crippen molar-refractivity contribution < 1.29 is 14.3 Å². The molecule has 0 aliphatic carbocycles. The number of hydrogen-bond acceptors (Lipinski definition) is 6. The molecule has 0 fully saturated rings. The third kappa shape index (κ3) is 3.50. The summed E-state index contributed by atoms with van der Waals surface area (Å²) in [6.45, 7) is 0.262. The Bertz CT molecular complexity index is 378. The van der Waals surface area contributed by atoms with Crippen LogP contribution >= 0.6 is 11.3 Å². The number of methoxy groups -OCH3 is 1. The lowest BCUT2D eigenvalue weighted by Crippen LogP contribution is -2.25. The maximum atomic E-state index is 11.5. The van der Waals surface area contributed by atoms with E-state index in [-0.39, 0.29) is 24.8 Å². The van der Waals surface area contributed by atoms with Crippen LogP contribution in [-0.4, -0.2) is 37.6 Å². The Morgan fingerprint density at radius 2 is 2.31 bits per heavy atom. The SMILES string of the molecule is CNc1ncc(C(=O)NCCC(=O)OC)s1. The Hall–Kier alpha value is -1.63. The Kier molecular flexibility index (Phi) is 4.71. The number of carbonyl (C=O) groups excluding carboxylic acids is 2. The molecule has 0 aliphatic rings. The van der Waals surface area contributed by atoms with Crippen LogP contribution in [0.3, 0.4) is 0 Å². The van der Waals surface area contributed by atoms with Crippen molar-refractivity contribution in [1.82, 2.24) is 10.3 Å². The zero-order valence-corrected chi connectivity index (χ0v) is 9.89. The average molecular weight is 243 g/mol. The Balaban J connectivity index is 2.38. The predicted octanol–water partition coefficient (Wildman–Crippen LogP) is 0.478. The van der Waals surface area contributed by atoms with Gasteiger partial charge in [0.25, 0.3) is 5.91 Å². The standard InChI is InChI=1S/C9H13N3O3S/c1-10-9-12-5-6(16-9)8(14)11-4-3-7(13)15-2/h5H,3-4H2,1-2H3,(H,10,12)(H,11,14). The number of ether oxygens (including phenoxy) is 1. The highest BCUT2D eigenvalue weighted by Crippen LogP contribution is 2.16. The number of amides is 1. The van der Waals surface area contributed by atoms with Crippen LogP contribution < -0.4 is 10.6 Å². The molecule has 0 radical (unpaired) electrons. The van der Waals surface area contributed by atoms with Crippen molar-refractivity contribution in [2.24, 2.45) is 0 Å². The van der Waals surface area contributed by atoms with Crippen LogP contribution in [0.15, 0.2) is 6.20 Å². The summed E-state index contributed by atoms with van der Waals surface area (Å²) in [7, 11) is 3.05. The molecule has 1 rings (SSSR count). The molecule has 0 aliphatic heterocycles. The maximum absolute atomic E-state index is 11.5. The Morgan fingerprint density at radius 1 is 1.56 bits per heavy atom. The Labute approximate surface area is 97.0 Å². The van der Waals surface area contributed by atoms with E-state index in [4.69, 9.17) is 0 Å². The van der Waals surface area contributed by atoms with E-state index in [2.05, 4.69) is 20.4 Å². The first-order valence-corrected chi connectivity index (χ1v) is 5.47. The van der Waals surface area contributed by atoms with E-state index >= 15 is 0 Å². The second-order valence-electron chi connectivity index (χ2n) is 2.86. The summed E-state index contributed by atoms with van der Waals surface area (Å²) in [6.07, 6.45) is 1.66. The minimum Gasteiger partial charge on any atom is -0.469 e. The van der Waals surface area contributed by atoms with Crippen LogP contribution in [0, 0.1) is 0 Å². The molecule has 0 bridgehead atoms. The van der Waals surface area contributed by atoms with Gasteiger partial charge in [0.05, 0.1) is 19.7 Å². The highest BCUT2D eigenvalue weighted by atomic mass is 32.1. The fraction of sp³-hybridized carbons (Fsp3) is 0.444. The van der Waals surface area contributed by atoms with Gasteiger partial charge < -0.3 is 15.4 Å². The summed E-state index contributed by atoms with van der Waals surface area (Å²) in [5, 5.41) is 6.12. The molecule has 0 spiro atoms. The van der Waals surface area contributed by atoms with Gasteiger partial charge in [-0.3, -0.25) is 9.59 Å². The fourth-order valence-corrected chi connectivity index (χ4v) is 1.65. The third-order valence-corrected chi connectivity index (χ3v) is 2.80. The van der Waals surface area contributed by atoms with Crippen LogP contribution in [0.4, 0.5) is 5.13 Å². The van der Waals surface area contributed by atoms with E-state index in [1.54, 1.807) is 7.05 Å². The second-order valence-corrected chi connectivity index (χ2v) is 3.89. The highest BCUT2D eigenvalue weighted by molar-refractivity contribution is 7.17. The zero-order valence-electron chi connectivity index (χ0n) is 9.07. The van der Waals surface area contributed by atoms with Crippen LogP contribution in [-0.2, 0) is 9.53 Å². The molecule has 1 amide bonds. The van der Waals surface area contributed by atoms with Crippen molar-refractivity contribution in [3.63, 3.8) is 0 Å². The molecule has 0 atom stereocenters. The molecule has 7 heteroatoms. The maximum Gasteiger partial charge on any atom is 0.307 e. The molecule has 0 saturated carbocycles. The number of rotatable bonds is 5. The summed E-state index contributed by atoms with van der Waals surface area (Å²) < 4.78 is 4.45. The molecule has 0 aromatic carbocycles. The number of carbonyl (C=O) groups is 2. The van der Waals surface area contributed by atoms with E-state index in [9.17, 15) is 9.59 Å². The molecule has 0 saturated heterocycles. The summed E-state index contributed by atoms with van der Waals surface area (Å²) in [5.74, 6) is -0.580. The minimum atomic E-state index is -0.347. The van der Waals surface area contributed by atoms with Gasteiger partial charge in [0.1, 0.15) is 4.88 Å². The van der Waals surface area contributed by atoms with Gasteiger partial charge in [-0.1, -0.05) is 11.3 Å². The second kappa shape index (κ2) is 6.06. The van der Waals surface area contributed by atoms with Crippen molar-refractivity contribution in [2.45, 2.75) is 6.42 Å². The molecular weight excluding hydrogens is 230 g/mol. The van der Waals surface area contributed by atoms with Gasteiger partial charge in [-0.2, -0.15) is 0 Å². The monoisotopic (exact) mass is 243 g/mol. The van der Waals surface area contributed by atoms with Gasteiger partial charge in [-0.15, -0.1) is 0 Å². The van der Waals surface area contributed by atoms with Crippen LogP contribution in [0.5, 0.6) is 0 Å². The first-order valence-electron chi connectivity index (χ1n) is 4.66. The zero-order chi connectivity index (χ0) is 12.0. The molecule has 6 nitrogen and oxygen atoms in total. The lowest BCUT2D eigenvalue weighted by Gasteiger charge is -2.01. The lowest BCUT2D eigenvalue weighted by molar-refractivity contribution is -0.140. The van der Waals surface area contributed by atoms with Gasteiger partial charge >= 0.3 is 5.97 Å². The Morgan fingerprint density at radius 3 is 2.88 bits per heavy atom. The fourth-order valence-electron chi connectivity index (χ4n) is 0.962. The van der Waals surface area contributed by atoms with E-state index < -0.39 is 0 Å². The van der Waals surface area contributed by atoms with Gasteiger partial charge in [0.2, 0.25) is 0 Å². The third-order valence-electron chi connectivity index (χ3n) is 1.79. The van der Waals surface area contributed by atoms with Crippen molar-refractivity contribution >= 4 is 28.3 Å². The number of anilines is 1. The normalized spacial score (nSPS) is 9.62. The lowest BCUT2D eigenvalue weighted by atomic mass is 10.4. The molecule has 2 N–H and O–H groups in total. The molecule has 1 aromatic rings. The van der Waals surface area contributed by atoms with Crippen LogP contribution in [0.25, 0.3) is 0 Å². The van der Waals surface area contributed by atoms with Gasteiger partial charge in [0, 0.05) is 13.6 Å². The molecule has 1 aromatic heterocycles. The van der Waals surface area contributed by atoms with E-state index in [1.165, 1.54) is 24.6 Å². The summed E-state index contributed by atoms with van der Waals surface area (Å²) >= 11 is 1.26. The number of thiazole rings is 1. The first kappa shape index (κ1) is 12.4. The molecular formula is C9H13N3O3S. The largest absolute Gasteiger partial charge is 0.469 e. The first-order chi connectivity index (χ1) is 7.67. The van der Waals surface area contributed by atoms with Crippen molar-refractivity contribution in [3.8, 4) is 0 Å². The van der Waals surface area contributed by atoms with E-state index in [0.29, 0.717) is 10.0 Å². The molecule has 1 heterocycles. The summed E-state index contributed by atoms with van der Waals surface area (Å²) in [6, 6.07) is 0. The molecule has 16 heavy (non-hydrogen) atoms. The molecule has 0 unspecified atom stereocenters. The minimum absolute atomic E-state index is 0.167. The van der Waals surface area contributed by atoms with E-state index in [1.807, 2.05) is 0 Å². The van der Waals surface area contributed by atoms with Gasteiger partial charge in [0.15, 0.2) is 5.13 Å². The van der Waals surface area contributed by atoms with Gasteiger partial charge in [-0.05, 0) is 0 Å². The van der Waals surface area contributed by atoms with Crippen molar-refractivity contribution in [2.75, 3.05) is 26.0 Å². The quantitative estimate of drug-likeness (QED) is 0.735. The number of aromatic nitrogens is 1. The topological polar surface area (TPSA) is 80.3 Å². The summed E-state index contributed by atoms with van der Waals surface area (Å²) in [4.78, 5) is 26.8. The average Bonchev–Trinajstić information content (AvgIpc) is 2.77. The number of esters is 1. The van der Waals surface area contributed by atoms with Crippen LogP contribution in [0.1, 0.15) is 16.1 Å². The van der Waals surface area contributed by atoms with Crippen molar-refractivity contribution in [1.29, 1.82) is 0 Å². The van der Waals surface area contributed by atoms with Crippen molar-refractivity contribution in [3.05, 3.63) is 11.1 Å². The number of hydrogen-bond donors (Lipinski definition) is 2. The number of nitrogens with one attached hydrogen (secondary N) is 2. The smallest absolute Gasteiger partial charge is 0.307 e. The molecule has 88 valence electrons. The highest BCUT2D eigenvalue weighted by Gasteiger charge is 2.10. The summed E-state index contributed by atoms with van der Waals surface area (Å²) in [5.41, 5.74) is 0. The number of nitrogens with zero attached hydrogens (tertiary/aromatic N) is 1. The van der Waals surface area contributed by atoms with E-state index in [0.717, 1.165) is 0 Å². The predicted molar refractivity (Wildman–Crippen MR) is 60.6 cm³/mol. The van der Waals surface area contributed by atoms with Gasteiger partial charge in [-0.25, -0.2) is 4.98 Å².